The Morgan fingerprint density at radius 1 is 1.03 bits per heavy atom. The molecule has 2 aromatic heterocycles. The highest BCUT2D eigenvalue weighted by Crippen LogP contribution is 2.18. The zero-order valence-electron chi connectivity index (χ0n) is 16.9. The molecular formula is C21H26N8. The highest BCUT2D eigenvalue weighted by atomic mass is 15.4. The van der Waals surface area contributed by atoms with Gasteiger partial charge in [0, 0.05) is 44.3 Å². The van der Waals surface area contributed by atoms with E-state index in [-0.39, 0.29) is 0 Å². The molecule has 0 amide bonds. The van der Waals surface area contributed by atoms with Crippen molar-refractivity contribution in [3.63, 3.8) is 0 Å². The highest BCUT2D eigenvalue weighted by molar-refractivity contribution is 5.78. The third-order valence-corrected chi connectivity index (χ3v) is 5.08. The van der Waals surface area contributed by atoms with E-state index in [1.807, 2.05) is 29.8 Å². The Morgan fingerprint density at radius 3 is 2.45 bits per heavy atom. The summed E-state index contributed by atoms with van der Waals surface area (Å²) in [7, 11) is 0. The topological polar surface area (TPSA) is 88.5 Å². The number of hydrogen-bond donors (Lipinski definition) is 1. The van der Waals surface area contributed by atoms with Crippen molar-refractivity contribution < 1.29 is 0 Å². The Kier molecular flexibility index (Phi) is 5.41. The van der Waals surface area contributed by atoms with Crippen LogP contribution in [0, 0.1) is 13.8 Å². The molecule has 4 rings (SSSR count). The maximum Gasteiger partial charge on any atom is 0.225 e. The van der Waals surface area contributed by atoms with Gasteiger partial charge >= 0.3 is 0 Å². The van der Waals surface area contributed by atoms with Gasteiger partial charge in [-0.3, -0.25) is 0 Å². The van der Waals surface area contributed by atoms with Crippen molar-refractivity contribution in [3.8, 4) is 5.69 Å². The van der Waals surface area contributed by atoms with Crippen molar-refractivity contribution in [2.45, 2.75) is 20.4 Å². The Balaban J connectivity index is 1.43. The van der Waals surface area contributed by atoms with Gasteiger partial charge in [-0.25, -0.2) is 19.6 Å². The van der Waals surface area contributed by atoms with E-state index in [1.165, 1.54) is 0 Å². The van der Waals surface area contributed by atoms with Gasteiger partial charge in [0.1, 0.15) is 0 Å². The zero-order chi connectivity index (χ0) is 20.2. The largest absolute Gasteiger partial charge is 0.370 e. The minimum Gasteiger partial charge on any atom is -0.370 e. The molecule has 1 aliphatic heterocycles. The van der Waals surface area contributed by atoms with Crippen LogP contribution in [-0.2, 0) is 6.54 Å². The number of aryl methyl sites for hydroxylation is 2. The summed E-state index contributed by atoms with van der Waals surface area (Å²) in [4.78, 5) is 17.6. The Hall–Kier alpha value is -3.42. The van der Waals surface area contributed by atoms with E-state index in [4.69, 9.17) is 5.73 Å². The lowest BCUT2D eigenvalue weighted by Gasteiger charge is -2.35. The molecule has 3 aromatic rings. The Morgan fingerprint density at radius 2 is 1.76 bits per heavy atom. The van der Waals surface area contributed by atoms with Crippen molar-refractivity contribution >= 4 is 11.9 Å². The first-order valence-electron chi connectivity index (χ1n) is 9.80. The number of aliphatic imine (C=N–C) groups is 1. The molecule has 0 spiro atoms. The second kappa shape index (κ2) is 8.30. The van der Waals surface area contributed by atoms with E-state index in [9.17, 15) is 0 Å². The van der Waals surface area contributed by atoms with Crippen molar-refractivity contribution in [1.29, 1.82) is 0 Å². The number of rotatable bonds is 4. The molecule has 29 heavy (non-hydrogen) atoms. The number of aromatic nitrogens is 4. The first-order valence-corrected chi connectivity index (χ1v) is 9.80. The molecule has 0 saturated carbocycles. The number of piperazine rings is 1. The molecule has 0 aliphatic carbocycles. The number of hydrogen-bond acceptors (Lipinski definition) is 5. The van der Waals surface area contributed by atoms with Crippen LogP contribution in [0.1, 0.15) is 17.0 Å². The molecule has 1 aliphatic rings. The zero-order valence-corrected chi connectivity index (χ0v) is 16.9. The van der Waals surface area contributed by atoms with Gasteiger partial charge in [0.25, 0.3) is 0 Å². The smallest absolute Gasteiger partial charge is 0.225 e. The molecule has 2 N–H and O–H groups in total. The van der Waals surface area contributed by atoms with Crippen LogP contribution in [-0.4, -0.2) is 56.8 Å². The standard InChI is InChI=1S/C21H26N8/c1-16-14-17(2)29(26-16)19-7-4-3-6-18(19)15-25-20(22)27-10-12-28(13-11-27)21-23-8-5-9-24-21/h3-9,14H,10-13,15H2,1-2H3,(H2,22,25). The Bertz CT molecular complexity index is 987. The van der Waals surface area contributed by atoms with Gasteiger partial charge in [-0.05, 0) is 37.6 Å². The molecule has 150 valence electrons. The lowest BCUT2D eigenvalue weighted by molar-refractivity contribution is 0.378. The third kappa shape index (κ3) is 4.21. The third-order valence-electron chi connectivity index (χ3n) is 5.08. The number of guanidine groups is 1. The fourth-order valence-electron chi connectivity index (χ4n) is 3.58. The fraction of sp³-hybridized carbons (Fsp3) is 0.333. The van der Waals surface area contributed by atoms with Crippen molar-refractivity contribution in [3.05, 3.63) is 65.7 Å². The predicted molar refractivity (Wildman–Crippen MR) is 114 cm³/mol. The summed E-state index contributed by atoms with van der Waals surface area (Å²) in [5.74, 6) is 1.34. The summed E-state index contributed by atoms with van der Waals surface area (Å²) in [6, 6.07) is 12.1. The van der Waals surface area contributed by atoms with Gasteiger partial charge in [-0.2, -0.15) is 5.10 Å². The van der Waals surface area contributed by atoms with Gasteiger partial charge in [0.15, 0.2) is 5.96 Å². The first-order chi connectivity index (χ1) is 14.1. The number of para-hydroxylation sites is 1. The van der Waals surface area contributed by atoms with Crippen LogP contribution in [0.3, 0.4) is 0 Å². The second-order valence-electron chi connectivity index (χ2n) is 7.16. The van der Waals surface area contributed by atoms with Crippen molar-refractivity contribution in [2.24, 2.45) is 10.7 Å². The summed E-state index contributed by atoms with van der Waals surface area (Å²) in [6.45, 7) is 7.82. The van der Waals surface area contributed by atoms with Crippen molar-refractivity contribution in [1.82, 2.24) is 24.6 Å². The molecule has 8 nitrogen and oxygen atoms in total. The average Bonchev–Trinajstić information content (AvgIpc) is 3.10. The molecule has 1 aromatic carbocycles. The molecule has 3 heterocycles. The van der Waals surface area contributed by atoms with E-state index in [0.29, 0.717) is 12.5 Å². The van der Waals surface area contributed by atoms with Gasteiger partial charge < -0.3 is 15.5 Å². The van der Waals surface area contributed by atoms with Gasteiger partial charge in [-0.15, -0.1) is 0 Å². The lowest BCUT2D eigenvalue weighted by Crippen LogP contribution is -2.51. The van der Waals surface area contributed by atoms with E-state index in [1.54, 1.807) is 12.4 Å². The van der Waals surface area contributed by atoms with Crippen LogP contribution in [0.15, 0.2) is 53.8 Å². The quantitative estimate of drug-likeness (QED) is 0.541. The number of benzene rings is 1. The fourth-order valence-corrected chi connectivity index (χ4v) is 3.58. The van der Waals surface area contributed by atoms with E-state index < -0.39 is 0 Å². The SMILES string of the molecule is Cc1cc(C)n(-c2ccccc2CN=C(N)N2CCN(c3ncccn3)CC2)n1. The first kappa shape index (κ1) is 18.9. The number of nitrogens with two attached hydrogens (primary N) is 1. The summed E-state index contributed by atoms with van der Waals surface area (Å²) in [6.07, 6.45) is 3.54. The molecule has 1 fully saturated rings. The molecule has 0 radical (unpaired) electrons. The number of nitrogens with zero attached hydrogens (tertiary/aromatic N) is 7. The maximum absolute atomic E-state index is 6.31. The lowest BCUT2D eigenvalue weighted by atomic mass is 10.2. The average molecular weight is 390 g/mol. The molecule has 1 saturated heterocycles. The summed E-state index contributed by atoms with van der Waals surface area (Å²) >= 11 is 0. The van der Waals surface area contributed by atoms with Gasteiger partial charge in [0.2, 0.25) is 5.95 Å². The van der Waals surface area contributed by atoms with E-state index in [0.717, 1.165) is 54.8 Å². The molecule has 0 bridgehead atoms. The predicted octanol–water partition coefficient (Wildman–Crippen LogP) is 1.92. The maximum atomic E-state index is 6.31. The molecule has 0 atom stereocenters. The summed E-state index contributed by atoms with van der Waals surface area (Å²) in [5.41, 5.74) is 10.5. The summed E-state index contributed by atoms with van der Waals surface area (Å²) < 4.78 is 1.97. The van der Waals surface area contributed by atoms with Gasteiger partial charge in [-0.1, -0.05) is 18.2 Å². The highest BCUT2D eigenvalue weighted by Gasteiger charge is 2.20. The van der Waals surface area contributed by atoms with Crippen LogP contribution in [0.4, 0.5) is 5.95 Å². The second-order valence-corrected chi connectivity index (χ2v) is 7.16. The van der Waals surface area contributed by atoms with E-state index in [2.05, 4.69) is 55.0 Å². The van der Waals surface area contributed by atoms with Crippen LogP contribution in [0.5, 0.6) is 0 Å². The van der Waals surface area contributed by atoms with Gasteiger partial charge in [0.05, 0.1) is 17.9 Å². The van der Waals surface area contributed by atoms with E-state index >= 15 is 0 Å². The van der Waals surface area contributed by atoms with Crippen LogP contribution in [0.25, 0.3) is 5.69 Å². The molecular weight excluding hydrogens is 364 g/mol. The van der Waals surface area contributed by atoms with Crippen molar-refractivity contribution in [2.75, 3.05) is 31.1 Å². The number of anilines is 1. The minimum atomic E-state index is 0.516. The van der Waals surface area contributed by atoms with Crippen LogP contribution < -0.4 is 10.6 Å². The normalized spacial score (nSPS) is 15.0. The molecule has 0 unspecified atom stereocenters. The minimum absolute atomic E-state index is 0.516. The monoisotopic (exact) mass is 390 g/mol. The Labute approximate surface area is 170 Å². The van der Waals surface area contributed by atoms with Crippen LogP contribution in [0.2, 0.25) is 0 Å². The molecule has 8 heteroatoms. The van der Waals surface area contributed by atoms with Crippen LogP contribution >= 0.6 is 0 Å². The summed E-state index contributed by atoms with van der Waals surface area (Å²) in [5, 5.41) is 4.60.